The number of carbonyl (C=O) groups is 2. The van der Waals surface area contributed by atoms with Crippen molar-refractivity contribution in [2.24, 2.45) is 5.92 Å². The van der Waals surface area contributed by atoms with Gasteiger partial charge in [0.15, 0.2) is 12.4 Å². The Balaban J connectivity index is 0.00000300. The van der Waals surface area contributed by atoms with Gasteiger partial charge in [0.1, 0.15) is 5.75 Å². The molecule has 2 amide bonds. The van der Waals surface area contributed by atoms with Gasteiger partial charge in [-0.3, -0.25) is 9.59 Å². The van der Waals surface area contributed by atoms with E-state index in [0.717, 1.165) is 38.9 Å². The van der Waals surface area contributed by atoms with Crippen LogP contribution in [0.25, 0.3) is 0 Å². The van der Waals surface area contributed by atoms with E-state index in [0.29, 0.717) is 17.4 Å². The molecule has 1 aromatic heterocycles. The zero-order valence-corrected chi connectivity index (χ0v) is 17.4. The van der Waals surface area contributed by atoms with Gasteiger partial charge in [-0.2, -0.15) is 0 Å². The molecule has 0 unspecified atom stereocenters. The van der Waals surface area contributed by atoms with Crippen molar-refractivity contribution in [1.82, 2.24) is 10.2 Å². The number of anilines is 1. The van der Waals surface area contributed by atoms with Gasteiger partial charge in [0.05, 0.1) is 6.26 Å². The van der Waals surface area contributed by atoms with Crippen molar-refractivity contribution in [3.05, 3.63) is 48.4 Å². The summed E-state index contributed by atoms with van der Waals surface area (Å²) >= 11 is 0. The summed E-state index contributed by atoms with van der Waals surface area (Å²) in [4.78, 5) is 26.3. The van der Waals surface area contributed by atoms with Gasteiger partial charge in [-0.15, -0.1) is 12.4 Å². The predicted octanol–water partition coefficient (Wildman–Crippen LogP) is 3.18. The minimum absolute atomic E-state index is 0. The normalized spacial score (nSPS) is 14.2. The fourth-order valence-corrected chi connectivity index (χ4v) is 3.32. The summed E-state index contributed by atoms with van der Waals surface area (Å²) < 4.78 is 10.7. The average Bonchev–Trinajstić information content (AvgIpc) is 3.26. The van der Waals surface area contributed by atoms with E-state index in [2.05, 4.69) is 10.6 Å². The van der Waals surface area contributed by atoms with Crippen LogP contribution in [0, 0.1) is 5.92 Å². The highest BCUT2D eigenvalue weighted by Gasteiger charge is 2.22. The number of carbonyl (C=O) groups excluding carboxylic acids is 2. The molecule has 0 spiro atoms. The number of halogens is 1. The zero-order chi connectivity index (χ0) is 19.8. The maximum Gasteiger partial charge on any atom is 0.291 e. The molecule has 2 aromatic rings. The summed E-state index contributed by atoms with van der Waals surface area (Å²) in [5.41, 5.74) is 0.580. The molecule has 1 aliphatic heterocycles. The number of nitrogens with zero attached hydrogens (tertiary/aromatic N) is 1. The third kappa shape index (κ3) is 6.80. The Kier molecular flexibility index (Phi) is 9.02. The molecule has 0 bridgehead atoms. The SMILES string of the molecule is CNCCC1CCN(C(=O)COc2cccc(NC(=O)c3ccco3)c2)CC1.Cl. The molecule has 2 N–H and O–H groups in total. The number of benzene rings is 1. The molecular weight excluding hydrogens is 394 g/mol. The molecule has 0 radical (unpaired) electrons. The maximum atomic E-state index is 12.4. The van der Waals surface area contributed by atoms with E-state index in [-0.39, 0.29) is 36.6 Å². The van der Waals surface area contributed by atoms with Crippen molar-refractivity contribution < 1.29 is 18.7 Å². The molecule has 158 valence electrons. The molecule has 1 aromatic carbocycles. The fraction of sp³-hybridized carbons (Fsp3) is 0.429. The lowest BCUT2D eigenvalue weighted by Crippen LogP contribution is -2.41. The summed E-state index contributed by atoms with van der Waals surface area (Å²) in [5, 5.41) is 5.92. The Morgan fingerprint density at radius 2 is 2.00 bits per heavy atom. The number of furan rings is 1. The van der Waals surface area contributed by atoms with E-state index >= 15 is 0 Å². The molecular formula is C21H28ClN3O4. The van der Waals surface area contributed by atoms with Crippen LogP contribution in [0.2, 0.25) is 0 Å². The van der Waals surface area contributed by atoms with Crippen LogP contribution in [-0.4, -0.2) is 50.0 Å². The summed E-state index contributed by atoms with van der Waals surface area (Å²) in [7, 11) is 1.97. The largest absolute Gasteiger partial charge is 0.484 e. The number of likely N-dealkylation sites (tertiary alicyclic amines) is 1. The summed E-state index contributed by atoms with van der Waals surface area (Å²) in [6.45, 7) is 2.59. The van der Waals surface area contributed by atoms with Crippen molar-refractivity contribution in [3.63, 3.8) is 0 Å². The number of amides is 2. The van der Waals surface area contributed by atoms with Gasteiger partial charge in [0.25, 0.3) is 11.8 Å². The van der Waals surface area contributed by atoms with Gasteiger partial charge >= 0.3 is 0 Å². The second kappa shape index (κ2) is 11.5. The van der Waals surface area contributed by atoms with Crippen molar-refractivity contribution in [2.45, 2.75) is 19.3 Å². The number of ether oxygens (including phenoxy) is 1. The van der Waals surface area contributed by atoms with Gasteiger partial charge in [-0.25, -0.2) is 0 Å². The van der Waals surface area contributed by atoms with Crippen LogP contribution in [0.4, 0.5) is 5.69 Å². The minimum Gasteiger partial charge on any atom is -0.484 e. The molecule has 29 heavy (non-hydrogen) atoms. The van der Waals surface area contributed by atoms with Gasteiger partial charge in [-0.05, 0) is 63.0 Å². The van der Waals surface area contributed by atoms with E-state index in [9.17, 15) is 9.59 Å². The number of nitrogens with one attached hydrogen (secondary N) is 2. The maximum absolute atomic E-state index is 12.4. The van der Waals surface area contributed by atoms with Crippen molar-refractivity contribution >= 4 is 29.9 Å². The van der Waals surface area contributed by atoms with Crippen LogP contribution in [-0.2, 0) is 4.79 Å². The van der Waals surface area contributed by atoms with E-state index < -0.39 is 0 Å². The lowest BCUT2D eigenvalue weighted by Gasteiger charge is -2.32. The number of hydrogen-bond donors (Lipinski definition) is 2. The Morgan fingerprint density at radius 3 is 2.69 bits per heavy atom. The molecule has 1 saturated heterocycles. The van der Waals surface area contributed by atoms with Gasteiger partial charge in [-0.1, -0.05) is 6.07 Å². The molecule has 0 atom stereocenters. The van der Waals surface area contributed by atoms with Gasteiger partial charge in [0, 0.05) is 24.8 Å². The van der Waals surface area contributed by atoms with E-state index in [1.807, 2.05) is 11.9 Å². The average molecular weight is 422 g/mol. The van der Waals surface area contributed by atoms with Crippen LogP contribution < -0.4 is 15.4 Å². The van der Waals surface area contributed by atoms with Crippen molar-refractivity contribution in [2.75, 3.05) is 38.6 Å². The lowest BCUT2D eigenvalue weighted by atomic mass is 9.93. The van der Waals surface area contributed by atoms with E-state index in [4.69, 9.17) is 9.15 Å². The molecule has 1 aliphatic rings. The summed E-state index contributed by atoms with van der Waals surface area (Å²) in [5.74, 6) is 1.12. The van der Waals surface area contributed by atoms with Crippen LogP contribution >= 0.6 is 12.4 Å². The zero-order valence-electron chi connectivity index (χ0n) is 16.6. The molecule has 8 heteroatoms. The van der Waals surface area contributed by atoms with Crippen LogP contribution in [0.1, 0.15) is 29.8 Å². The third-order valence-electron chi connectivity index (χ3n) is 4.97. The topological polar surface area (TPSA) is 83.8 Å². The van der Waals surface area contributed by atoms with Crippen LogP contribution in [0.15, 0.2) is 47.1 Å². The highest BCUT2D eigenvalue weighted by atomic mass is 35.5. The molecule has 0 aliphatic carbocycles. The Morgan fingerprint density at radius 1 is 1.21 bits per heavy atom. The minimum atomic E-state index is -0.334. The highest BCUT2D eigenvalue weighted by molar-refractivity contribution is 6.02. The Labute approximate surface area is 177 Å². The number of piperidine rings is 1. The highest BCUT2D eigenvalue weighted by Crippen LogP contribution is 2.21. The first-order valence-electron chi connectivity index (χ1n) is 9.66. The standard InChI is InChI=1S/C21H27N3O4.ClH/c1-22-10-7-16-8-11-24(12-9-16)20(25)15-28-18-5-2-4-17(14-18)23-21(26)19-6-3-13-27-19;/h2-6,13-14,16,22H,7-12,15H2,1H3,(H,23,26);1H. The second-order valence-electron chi connectivity index (χ2n) is 6.96. The predicted molar refractivity (Wildman–Crippen MR) is 114 cm³/mol. The third-order valence-corrected chi connectivity index (χ3v) is 4.97. The smallest absolute Gasteiger partial charge is 0.291 e. The molecule has 1 fully saturated rings. The molecule has 2 heterocycles. The van der Waals surface area contributed by atoms with Crippen molar-refractivity contribution in [1.29, 1.82) is 0 Å². The first-order chi connectivity index (χ1) is 13.7. The quantitative estimate of drug-likeness (QED) is 0.683. The van der Waals surface area contributed by atoms with E-state index in [1.54, 1.807) is 36.4 Å². The summed E-state index contributed by atoms with van der Waals surface area (Å²) in [6, 6.07) is 10.2. The summed E-state index contributed by atoms with van der Waals surface area (Å²) in [6.07, 6.45) is 4.69. The second-order valence-corrected chi connectivity index (χ2v) is 6.96. The fourth-order valence-electron chi connectivity index (χ4n) is 3.32. The first kappa shape index (κ1) is 22.8. The Hall–Kier alpha value is -2.51. The number of rotatable bonds is 8. The Bertz CT molecular complexity index is 774. The van der Waals surface area contributed by atoms with E-state index in [1.165, 1.54) is 6.26 Å². The van der Waals surface area contributed by atoms with Gasteiger partial charge in [0.2, 0.25) is 0 Å². The first-order valence-corrected chi connectivity index (χ1v) is 9.66. The lowest BCUT2D eigenvalue weighted by molar-refractivity contribution is -0.134. The molecule has 7 nitrogen and oxygen atoms in total. The molecule has 3 rings (SSSR count). The monoisotopic (exact) mass is 421 g/mol. The van der Waals surface area contributed by atoms with Crippen LogP contribution in [0.3, 0.4) is 0 Å². The number of hydrogen-bond acceptors (Lipinski definition) is 5. The van der Waals surface area contributed by atoms with Crippen molar-refractivity contribution in [3.8, 4) is 5.75 Å². The molecule has 0 saturated carbocycles. The van der Waals surface area contributed by atoms with Gasteiger partial charge < -0.3 is 24.7 Å². The van der Waals surface area contributed by atoms with Crippen LogP contribution in [0.5, 0.6) is 5.75 Å².